The number of ketones is 7. The second-order valence-electron chi connectivity index (χ2n) is 25.1. The quantitative estimate of drug-likeness (QED) is 0.0145. The van der Waals surface area contributed by atoms with Crippen LogP contribution in [0.25, 0.3) is 12.3 Å². The van der Waals surface area contributed by atoms with Gasteiger partial charge in [0.05, 0.1) is 72.5 Å². The van der Waals surface area contributed by atoms with Crippen LogP contribution in [-0.2, 0) is 133 Å². The normalized spacial score (nSPS) is 20.8. The Kier molecular flexibility index (Phi) is 65.3. The summed E-state index contributed by atoms with van der Waals surface area (Å²) in [6, 6.07) is -4.39. The summed E-state index contributed by atoms with van der Waals surface area (Å²) in [5.74, 6) is -3.53. The number of likely N-dealkylation sites (N-methyl/N-ethyl adjacent to an activating group) is 2. The van der Waals surface area contributed by atoms with Crippen LogP contribution in [0, 0.1) is 23.7 Å². The van der Waals surface area contributed by atoms with Crippen LogP contribution in [0.2, 0.25) is 0 Å². The molecule has 31 nitrogen and oxygen atoms in total. The number of carbonyl (C=O) groups is 12. The molecular weight excluding hydrogens is 1660 g/mol. The summed E-state index contributed by atoms with van der Waals surface area (Å²) in [7, 11) is 3.27. The summed E-state index contributed by atoms with van der Waals surface area (Å²) in [6.07, 6.45) is 11.2. The minimum atomic E-state index is -0.811. The maximum Gasteiger partial charge on any atom is 0.230 e. The minimum absolute atomic E-state index is 0. The number of unbranched alkanes of at least 4 members (excludes halogenated alkanes) is 2. The summed E-state index contributed by atoms with van der Waals surface area (Å²) in [4.78, 5) is 189. The van der Waals surface area contributed by atoms with Gasteiger partial charge in [-0.1, -0.05) is 110 Å². The van der Waals surface area contributed by atoms with E-state index in [1.54, 1.807) is 23.9 Å². The second kappa shape index (κ2) is 63.5. The molecule has 0 aromatic heterocycles. The Labute approximate surface area is 684 Å². The Morgan fingerprint density at radius 3 is 1.35 bits per heavy atom. The molecule has 0 unspecified atom stereocenters. The van der Waals surface area contributed by atoms with E-state index < -0.39 is 48.1 Å². The van der Waals surface area contributed by atoms with Crippen molar-refractivity contribution >= 4 is 150 Å². The summed E-state index contributed by atoms with van der Waals surface area (Å²) < 4.78 is 0. The van der Waals surface area contributed by atoms with Gasteiger partial charge in [-0.3, -0.25) is 78.2 Å². The molecule has 584 valence electrons. The second-order valence-corrected chi connectivity index (χ2v) is 28.3. The van der Waals surface area contributed by atoms with Crippen LogP contribution in [0.3, 0.4) is 0 Å². The Morgan fingerprint density at radius 1 is 0.573 bits per heavy atom. The first-order valence-corrected chi connectivity index (χ1v) is 38.8. The summed E-state index contributed by atoms with van der Waals surface area (Å²) in [5, 5.41) is 20.5. The molecule has 2 aliphatic rings. The molecule has 0 saturated carbocycles. The number of thioether (sulfide) groups is 2. The molecule has 0 aromatic rings. The first kappa shape index (κ1) is 106. The van der Waals surface area contributed by atoms with Gasteiger partial charge in [-0.15, -0.1) is 11.8 Å². The molecular formula is C66H115Br2N17O14S2Y2-4. The molecule has 2 saturated heterocycles. The zero-order valence-corrected chi connectivity index (χ0v) is 71.5. The van der Waals surface area contributed by atoms with Crippen LogP contribution >= 0.6 is 55.4 Å². The number of Topliss-reactive ketones (excluding diaryl/α,β-unsaturated/α-hetero) is 7. The van der Waals surface area contributed by atoms with Crippen molar-refractivity contribution in [1.29, 1.82) is 0 Å². The number of nitrogens with two attached hydrogens (primary N) is 6. The zero-order chi connectivity index (χ0) is 74.2. The van der Waals surface area contributed by atoms with E-state index in [9.17, 15) is 67.1 Å². The first-order valence-electron chi connectivity index (χ1n) is 34.2. The molecule has 10 atom stereocenters. The number of hydrogen-bond donors (Lipinski definition) is 11. The van der Waals surface area contributed by atoms with Gasteiger partial charge in [-0.05, 0) is 77.3 Å². The summed E-state index contributed by atoms with van der Waals surface area (Å²) in [6.45, 7) is 8.83. The van der Waals surface area contributed by atoms with Gasteiger partial charge < -0.3 is 81.2 Å². The molecule has 0 bridgehead atoms. The zero-order valence-electron chi connectivity index (χ0n) is 61.0. The largest absolute Gasteiger partial charge is 0.693 e. The van der Waals surface area contributed by atoms with E-state index in [0.29, 0.717) is 103 Å². The van der Waals surface area contributed by atoms with E-state index >= 15 is 0 Å². The van der Waals surface area contributed by atoms with Gasteiger partial charge in [0.25, 0.3) is 0 Å². The number of rotatable bonds is 34. The van der Waals surface area contributed by atoms with Gasteiger partial charge in [-0.2, -0.15) is 11.8 Å². The van der Waals surface area contributed by atoms with Gasteiger partial charge in [-0.25, -0.2) is 12.6 Å². The van der Waals surface area contributed by atoms with Crippen molar-refractivity contribution < 1.29 is 133 Å². The van der Waals surface area contributed by atoms with E-state index in [2.05, 4.69) is 79.1 Å². The van der Waals surface area contributed by atoms with Crippen LogP contribution < -0.4 is 60.2 Å². The predicted octanol–water partition coefficient (Wildman–Crippen LogP) is 2.23. The minimum Gasteiger partial charge on any atom is -0.693 e. The molecule has 2 rings (SSSR count). The number of guanidine groups is 2. The van der Waals surface area contributed by atoms with Gasteiger partial charge in [0.15, 0.2) is 35.1 Å². The van der Waals surface area contributed by atoms with E-state index in [0.717, 1.165) is 0 Å². The average Bonchev–Trinajstić information content (AvgIpc) is 1.43. The van der Waals surface area contributed by atoms with Gasteiger partial charge in [0.2, 0.25) is 29.5 Å². The smallest absolute Gasteiger partial charge is 0.230 e. The van der Waals surface area contributed by atoms with E-state index in [1.165, 1.54) is 23.5 Å². The number of halogens is 2. The van der Waals surface area contributed by atoms with Crippen molar-refractivity contribution in [2.45, 2.75) is 186 Å². The van der Waals surface area contributed by atoms with Crippen LogP contribution in [0.5, 0.6) is 0 Å². The third-order valence-corrected chi connectivity index (χ3v) is 20.3. The predicted molar refractivity (Wildman–Crippen MR) is 404 cm³/mol. The van der Waals surface area contributed by atoms with Crippen LogP contribution in [0.1, 0.15) is 150 Å². The summed E-state index contributed by atoms with van der Waals surface area (Å²) >= 11 is 8.67. The van der Waals surface area contributed by atoms with E-state index in [4.69, 9.17) is 22.9 Å². The molecule has 2 fully saturated rings. The standard InChI is InChI=1S/C33H56BrN8O7S.C33H55BrN7O7S.2H2N.2Y/c1-4-22(2)32-26(44)11-10-23(8-5-6-13-37-30(48)16-34)27(45)17-40-25(20-50-21-31(49)38-15-12-29(47)41-32)28(46)18-42(3)24(19-43)9-7-14-39-33(35)36;1-4-22(2)32-27(44)12-10-23(8-5-6-14-37-31(48)16-34)28(45)17-39-26(21-49-20-25(43)11-13-30(47)40-32)29(46)18-41(3)24(19-42)9-7-15-38-33(35)36;;;;/h22-25,32,40H,4-18,20-21H2,1-3H3,(H,37,48)(H,38,49)(H,41,47)(H4,35,36,39);22-24,26,32,39H,4-18,20-21H2,1-3H3,(H,37,48)(H,40,47)(H4,35,36,38);2*1H2;;/q4*-1;;/t22-,23+,24-,25-,32-;22-,23+,24-,26-,32-;;;;/m00..../s1. The van der Waals surface area contributed by atoms with Crippen LogP contribution in [0.15, 0.2) is 9.98 Å². The number of hydrogen-bond acceptors (Lipinski definition) is 22. The maximum atomic E-state index is 13.7. The van der Waals surface area contributed by atoms with Gasteiger partial charge in [0, 0.05) is 154 Å². The molecule has 37 heteroatoms. The fourth-order valence-electron chi connectivity index (χ4n) is 10.7. The van der Waals surface area contributed by atoms with Crippen molar-refractivity contribution in [2.75, 3.05) is 107 Å². The fraction of sp³-hybridized carbons (Fsp3) is 0.758. The molecule has 0 spiro atoms. The van der Waals surface area contributed by atoms with E-state index in [-0.39, 0.29) is 283 Å². The molecule has 2 radical (unpaired) electrons. The number of alkyl halides is 2. The first-order chi connectivity index (χ1) is 47.1. The third kappa shape index (κ3) is 48.6. The molecule has 2 heterocycles. The SMILES string of the molecule is CC[C@H](C)[C@@H]1NC(=O)CCC(=O)CSC[C@@H](C(=O)CN(C)[C@H]([C-]=O)CCCN=C(N)N)NCC(=O)[C@H](CCCCNC(=O)CBr)CCC1=O.CC[C@H](C)[C@@H]1NC(=O)CCNC(=O)CSC[C@@H](C(=O)CN(C)[C@H]([C-]=O)CCCN=C(N)N)NCC(=O)[C@H](CCCCNC(=O)CBr)CCC1=O.[NH2-].[NH2-].[Y].[Y]. The van der Waals surface area contributed by atoms with Crippen molar-refractivity contribution in [3.63, 3.8) is 0 Å². The number of nitrogens with zero attached hydrogens (tertiary/aromatic N) is 4. The third-order valence-electron chi connectivity index (χ3n) is 17.2. The number of amides is 5. The van der Waals surface area contributed by atoms with Crippen molar-refractivity contribution in [2.24, 2.45) is 56.6 Å². The van der Waals surface area contributed by atoms with E-state index in [1.807, 2.05) is 40.3 Å². The molecule has 19 N–H and O–H groups in total. The monoisotopic (exact) mass is 1770 g/mol. The van der Waals surface area contributed by atoms with Crippen molar-refractivity contribution in [3.8, 4) is 0 Å². The maximum absolute atomic E-state index is 13.7. The van der Waals surface area contributed by atoms with Crippen molar-refractivity contribution in [3.05, 3.63) is 12.3 Å². The summed E-state index contributed by atoms with van der Waals surface area (Å²) in [5.41, 5.74) is 21.4. The Morgan fingerprint density at radius 2 is 0.971 bits per heavy atom. The number of carbonyl (C=O) groups excluding carboxylic acids is 14. The topological polar surface area (TPSA) is 525 Å². The molecule has 5 amide bonds. The molecule has 0 aliphatic carbocycles. The number of aliphatic imine (C=N–C) groups is 2. The average molecular weight is 1770 g/mol. The molecule has 103 heavy (non-hydrogen) atoms. The van der Waals surface area contributed by atoms with Crippen molar-refractivity contribution in [1.82, 2.24) is 47.0 Å². The molecule has 2 aliphatic heterocycles. The van der Waals surface area contributed by atoms with Crippen LogP contribution in [0.4, 0.5) is 0 Å². The number of nitrogens with one attached hydrogen (secondary N) is 7. The van der Waals surface area contributed by atoms with Crippen LogP contribution in [-0.4, -0.2) is 247 Å². The fourth-order valence-corrected chi connectivity index (χ4v) is 13.0. The Balaban J connectivity index is -0.000000916. The Hall–Kier alpha value is -3.45. The molecule has 0 aromatic carbocycles. The van der Waals surface area contributed by atoms with Gasteiger partial charge in [0.1, 0.15) is 17.3 Å². The van der Waals surface area contributed by atoms with Gasteiger partial charge >= 0.3 is 0 Å². The Bertz CT molecular complexity index is 2660.